The molecule has 1 atom stereocenters. The van der Waals surface area contributed by atoms with Crippen LogP contribution in [0.4, 0.5) is 0 Å². The number of nitrogens with one attached hydrogen (secondary N) is 1. The molecule has 4 heterocycles. The third-order valence-electron chi connectivity index (χ3n) is 5.17. The number of nitrogens with zero attached hydrogens (tertiary/aromatic N) is 2. The second-order valence-electron chi connectivity index (χ2n) is 6.67. The Morgan fingerprint density at radius 2 is 2.20 bits per heavy atom. The summed E-state index contributed by atoms with van der Waals surface area (Å²) in [6.45, 7) is 2.80. The maximum absolute atomic E-state index is 12.7. The van der Waals surface area contributed by atoms with E-state index in [2.05, 4.69) is 10.2 Å². The summed E-state index contributed by atoms with van der Waals surface area (Å²) in [5.74, 6) is 1.69. The van der Waals surface area contributed by atoms with Gasteiger partial charge in [-0.3, -0.25) is 9.89 Å². The summed E-state index contributed by atoms with van der Waals surface area (Å²) in [4.78, 5) is 14.7. The number of carbonyl (C=O) groups is 1. The van der Waals surface area contributed by atoms with E-state index >= 15 is 0 Å². The quantitative estimate of drug-likeness (QED) is 0.900. The predicted octanol–water partition coefficient (Wildman–Crippen LogP) is 1.73. The second kappa shape index (κ2) is 5.77. The zero-order valence-corrected chi connectivity index (χ0v) is 13.8. The Hall–Kier alpha value is -2.54. The molecule has 1 amide bonds. The zero-order chi connectivity index (χ0) is 16.8. The van der Waals surface area contributed by atoms with E-state index in [9.17, 15) is 4.79 Å². The van der Waals surface area contributed by atoms with Crippen LogP contribution < -0.4 is 9.47 Å². The molecule has 2 aromatic rings. The van der Waals surface area contributed by atoms with E-state index < -0.39 is 0 Å². The van der Waals surface area contributed by atoms with Gasteiger partial charge in [0.25, 0.3) is 0 Å². The fraction of sp³-hybridized carbons (Fsp3) is 0.444. The van der Waals surface area contributed by atoms with E-state index in [0.717, 1.165) is 53.4 Å². The largest absolute Gasteiger partial charge is 0.454 e. The molecule has 3 aliphatic heterocycles. The number of fused-ring (bicyclic) bond motifs is 2. The van der Waals surface area contributed by atoms with Crippen molar-refractivity contribution in [2.75, 3.05) is 26.6 Å². The molecule has 7 nitrogen and oxygen atoms in total. The van der Waals surface area contributed by atoms with Crippen molar-refractivity contribution in [1.82, 2.24) is 15.1 Å². The Morgan fingerprint density at radius 1 is 1.28 bits per heavy atom. The molecule has 1 N–H and O–H groups in total. The van der Waals surface area contributed by atoms with Crippen LogP contribution in [0.25, 0.3) is 11.3 Å². The highest BCUT2D eigenvalue weighted by Gasteiger charge is 2.32. The molecule has 0 unspecified atom stereocenters. The molecular weight excluding hydrogens is 322 g/mol. The van der Waals surface area contributed by atoms with Crippen LogP contribution in [0, 0.1) is 5.92 Å². The summed E-state index contributed by atoms with van der Waals surface area (Å²) in [5.41, 5.74) is 4.06. The van der Waals surface area contributed by atoms with Gasteiger partial charge in [-0.15, -0.1) is 0 Å². The molecule has 1 aromatic heterocycles. The number of benzene rings is 1. The number of H-pyrrole nitrogens is 1. The lowest BCUT2D eigenvalue weighted by Crippen LogP contribution is -2.40. The Kier molecular flexibility index (Phi) is 3.41. The van der Waals surface area contributed by atoms with Gasteiger partial charge in [-0.25, -0.2) is 0 Å². The lowest BCUT2D eigenvalue weighted by Gasteiger charge is -2.29. The fourth-order valence-corrected chi connectivity index (χ4v) is 3.75. The SMILES string of the molecule is O=C([C@@H]1CCOC1)N1CCc2[nH]nc(-c3ccc4c(c3)OCO4)c2C1. The van der Waals surface area contributed by atoms with Crippen molar-refractivity contribution in [3.63, 3.8) is 0 Å². The van der Waals surface area contributed by atoms with Crippen LogP contribution in [-0.2, 0) is 22.5 Å². The van der Waals surface area contributed by atoms with E-state index in [1.165, 1.54) is 0 Å². The van der Waals surface area contributed by atoms with Crippen molar-refractivity contribution in [2.45, 2.75) is 19.4 Å². The number of aromatic amines is 1. The average Bonchev–Trinajstić information content (AvgIpc) is 3.39. The summed E-state index contributed by atoms with van der Waals surface area (Å²) in [6, 6.07) is 5.83. The van der Waals surface area contributed by atoms with Crippen molar-refractivity contribution < 1.29 is 19.0 Å². The van der Waals surface area contributed by atoms with Crippen LogP contribution in [-0.4, -0.2) is 47.6 Å². The van der Waals surface area contributed by atoms with Crippen LogP contribution in [0.1, 0.15) is 17.7 Å². The highest BCUT2D eigenvalue weighted by molar-refractivity contribution is 5.80. The number of rotatable bonds is 2. The molecule has 1 fully saturated rings. The fourth-order valence-electron chi connectivity index (χ4n) is 3.75. The lowest BCUT2D eigenvalue weighted by molar-refractivity contribution is -0.136. The number of ether oxygens (including phenoxy) is 3. The number of aromatic nitrogens is 2. The van der Waals surface area contributed by atoms with E-state index in [0.29, 0.717) is 19.8 Å². The molecule has 1 aromatic carbocycles. The molecule has 7 heteroatoms. The van der Waals surface area contributed by atoms with Gasteiger partial charge >= 0.3 is 0 Å². The van der Waals surface area contributed by atoms with Crippen molar-refractivity contribution >= 4 is 5.91 Å². The van der Waals surface area contributed by atoms with E-state index in [4.69, 9.17) is 14.2 Å². The summed E-state index contributed by atoms with van der Waals surface area (Å²) < 4.78 is 16.2. The van der Waals surface area contributed by atoms with E-state index in [-0.39, 0.29) is 18.6 Å². The first-order chi connectivity index (χ1) is 12.3. The van der Waals surface area contributed by atoms with Gasteiger partial charge in [0.05, 0.1) is 18.2 Å². The summed E-state index contributed by atoms with van der Waals surface area (Å²) >= 11 is 0. The van der Waals surface area contributed by atoms with Gasteiger partial charge < -0.3 is 19.1 Å². The molecule has 0 aliphatic carbocycles. The van der Waals surface area contributed by atoms with Crippen LogP contribution in [0.2, 0.25) is 0 Å². The lowest BCUT2D eigenvalue weighted by atomic mass is 9.99. The molecule has 5 rings (SSSR count). The second-order valence-corrected chi connectivity index (χ2v) is 6.67. The zero-order valence-electron chi connectivity index (χ0n) is 13.8. The van der Waals surface area contributed by atoms with Crippen LogP contribution in [0.5, 0.6) is 11.5 Å². The third kappa shape index (κ3) is 2.46. The first kappa shape index (κ1) is 14.8. The van der Waals surface area contributed by atoms with Gasteiger partial charge in [-0.1, -0.05) is 0 Å². The van der Waals surface area contributed by atoms with Crippen LogP contribution in [0.3, 0.4) is 0 Å². The van der Waals surface area contributed by atoms with Crippen molar-refractivity contribution in [3.05, 3.63) is 29.5 Å². The normalized spacial score (nSPS) is 21.4. The van der Waals surface area contributed by atoms with E-state index in [1.54, 1.807) is 0 Å². The number of carbonyl (C=O) groups excluding carboxylic acids is 1. The van der Waals surface area contributed by atoms with Gasteiger partial charge in [0.1, 0.15) is 0 Å². The Bertz CT molecular complexity index is 826. The molecule has 0 bridgehead atoms. The first-order valence-corrected chi connectivity index (χ1v) is 8.62. The Balaban J connectivity index is 1.43. The van der Waals surface area contributed by atoms with Crippen molar-refractivity contribution in [1.29, 1.82) is 0 Å². The maximum Gasteiger partial charge on any atom is 0.231 e. The molecule has 3 aliphatic rings. The van der Waals surface area contributed by atoms with Crippen LogP contribution in [0.15, 0.2) is 18.2 Å². The van der Waals surface area contributed by atoms with Crippen LogP contribution >= 0.6 is 0 Å². The smallest absolute Gasteiger partial charge is 0.231 e. The summed E-state index contributed by atoms with van der Waals surface area (Å²) in [5, 5.41) is 7.64. The van der Waals surface area contributed by atoms with Gasteiger partial charge in [0.15, 0.2) is 11.5 Å². The predicted molar refractivity (Wildman–Crippen MR) is 88.2 cm³/mol. The van der Waals surface area contributed by atoms with Gasteiger partial charge in [0, 0.05) is 42.9 Å². The van der Waals surface area contributed by atoms with Gasteiger partial charge in [-0.2, -0.15) is 5.10 Å². The van der Waals surface area contributed by atoms with Gasteiger partial charge in [-0.05, 0) is 24.6 Å². The number of hydrogen-bond donors (Lipinski definition) is 1. The standard InChI is InChI=1S/C18H19N3O4/c22-18(12-4-6-23-9-12)21-5-3-14-13(8-21)17(20-19-14)11-1-2-15-16(7-11)25-10-24-15/h1-2,7,12H,3-6,8-10H2,(H,19,20)/t12-/m1/s1. The minimum atomic E-state index is 0.00226. The minimum Gasteiger partial charge on any atom is -0.454 e. The minimum absolute atomic E-state index is 0.00226. The number of amides is 1. The Labute approximate surface area is 144 Å². The molecule has 0 saturated carbocycles. The maximum atomic E-state index is 12.7. The Morgan fingerprint density at radius 3 is 3.08 bits per heavy atom. The average molecular weight is 341 g/mol. The summed E-state index contributed by atoms with van der Waals surface area (Å²) in [7, 11) is 0. The molecule has 25 heavy (non-hydrogen) atoms. The molecule has 1 saturated heterocycles. The third-order valence-corrected chi connectivity index (χ3v) is 5.17. The van der Waals surface area contributed by atoms with Crippen molar-refractivity contribution in [3.8, 4) is 22.8 Å². The van der Waals surface area contributed by atoms with Gasteiger partial charge in [0.2, 0.25) is 12.7 Å². The topological polar surface area (TPSA) is 76.7 Å². The monoisotopic (exact) mass is 341 g/mol. The number of hydrogen-bond acceptors (Lipinski definition) is 5. The molecular formula is C18H19N3O4. The highest BCUT2D eigenvalue weighted by Crippen LogP contribution is 2.37. The summed E-state index contributed by atoms with van der Waals surface area (Å²) in [6.07, 6.45) is 1.62. The highest BCUT2D eigenvalue weighted by atomic mass is 16.7. The molecule has 0 spiro atoms. The first-order valence-electron chi connectivity index (χ1n) is 8.62. The van der Waals surface area contributed by atoms with E-state index in [1.807, 2.05) is 23.1 Å². The molecule has 0 radical (unpaired) electrons. The van der Waals surface area contributed by atoms with Crippen molar-refractivity contribution in [2.24, 2.45) is 5.92 Å². The molecule has 130 valence electrons.